The van der Waals surface area contributed by atoms with E-state index >= 15 is 0 Å². The molecule has 162 valence electrons. The summed E-state index contributed by atoms with van der Waals surface area (Å²) in [7, 11) is 0. The number of anilines is 2. The molecule has 2 fully saturated rings. The summed E-state index contributed by atoms with van der Waals surface area (Å²) in [4.78, 5) is 42.2. The van der Waals surface area contributed by atoms with E-state index in [1.165, 1.54) is 0 Å². The lowest BCUT2D eigenvalue weighted by Gasteiger charge is -2.21. The lowest BCUT2D eigenvalue weighted by Crippen LogP contribution is -2.31. The molecule has 7 heteroatoms. The molecule has 2 aliphatic rings. The van der Waals surface area contributed by atoms with Gasteiger partial charge in [-0.15, -0.1) is 0 Å². The molecular formula is C24H26BrN3O3. The van der Waals surface area contributed by atoms with Crippen LogP contribution in [-0.2, 0) is 9.59 Å². The first kappa shape index (κ1) is 21.6. The van der Waals surface area contributed by atoms with Gasteiger partial charge in [-0.25, -0.2) is 0 Å². The molecule has 0 spiro atoms. The van der Waals surface area contributed by atoms with Crippen LogP contribution in [0.2, 0.25) is 0 Å². The average Bonchev–Trinajstić information content (AvgIpc) is 3.40. The number of hydrogen-bond donors (Lipinski definition) is 1. The minimum absolute atomic E-state index is 0.0413. The van der Waals surface area contributed by atoms with Gasteiger partial charge in [0.2, 0.25) is 11.8 Å². The smallest absolute Gasteiger partial charge is 0.256 e. The fourth-order valence-electron chi connectivity index (χ4n) is 4.30. The maximum atomic E-state index is 13.0. The third kappa shape index (κ3) is 4.37. The molecule has 2 saturated heterocycles. The first-order valence-electron chi connectivity index (χ1n) is 10.6. The van der Waals surface area contributed by atoms with Gasteiger partial charge in [0.05, 0.1) is 17.2 Å². The van der Waals surface area contributed by atoms with Crippen molar-refractivity contribution in [2.45, 2.75) is 33.1 Å². The predicted molar refractivity (Wildman–Crippen MR) is 124 cm³/mol. The highest BCUT2D eigenvalue weighted by Crippen LogP contribution is 2.30. The van der Waals surface area contributed by atoms with Crippen molar-refractivity contribution < 1.29 is 14.4 Å². The Morgan fingerprint density at radius 3 is 2.52 bits per heavy atom. The van der Waals surface area contributed by atoms with E-state index in [1.807, 2.05) is 49.1 Å². The van der Waals surface area contributed by atoms with Gasteiger partial charge in [0.15, 0.2) is 0 Å². The molecule has 2 aromatic carbocycles. The van der Waals surface area contributed by atoms with Gasteiger partial charge in [-0.2, -0.15) is 0 Å². The van der Waals surface area contributed by atoms with Gasteiger partial charge < -0.3 is 15.1 Å². The molecule has 0 aromatic heterocycles. The van der Waals surface area contributed by atoms with Crippen LogP contribution < -0.4 is 10.2 Å². The third-order valence-electron chi connectivity index (χ3n) is 6.09. The van der Waals surface area contributed by atoms with Crippen LogP contribution in [0.1, 0.15) is 40.7 Å². The highest BCUT2D eigenvalue weighted by Gasteiger charge is 2.36. The van der Waals surface area contributed by atoms with E-state index in [9.17, 15) is 14.4 Å². The van der Waals surface area contributed by atoms with Crippen molar-refractivity contribution in [3.63, 3.8) is 0 Å². The summed E-state index contributed by atoms with van der Waals surface area (Å²) >= 11 is 3.48. The molecule has 0 saturated carbocycles. The molecule has 2 heterocycles. The van der Waals surface area contributed by atoms with Crippen LogP contribution in [0.15, 0.2) is 40.9 Å². The molecular weight excluding hydrogens is 458 g/mol. The summed E-state index contributed by atoms with van der Waals surface area (Å²) in [5.41, 5.74) is 3.73. The highest BCUT2D eigenvalue weighted by molar-refractivity contribution is 9.10. The van der Waals surface area contributed by atoms with E-state index in [2.05, 4.69) is 21.2 Å². The van der Waals surface area contributed by atoms with E-state index in [-0.39, 0.29) is 24.1 Å². The first-order valence-corrected chi connectivity index (χ1v) is 11.4. The van der Waals surface area contributed by atoms with Crippen LogP contribution in [0.3, 0.4) is 0 Å². The number of nitrogens with one attached hydrogen (secondary N) is 1. The molecule has 0 radical (unpaired) electrons. The molecule has 31 heavy (non-hydrogen) atoms. The van der Waals surface area contributed by atoms with Gasteiger partial charge in [0.25, 0.3) is 5.91 Å². The van der Waals surface area contributed by atoms with E-state index in [4.69, 9.17) is 0 Å². The molecule has 0 aliphatic carbocycles. The summed E-state index contributed by atoms with van der Waals surface area (Å²) in [5, 5.41) is 2.94. The molecule has 1 N–H and O–H groups in total. The van der Waals surface area contributed by atoms with Crippen LogP contribution in [0, 0.1) is 19.8 Å². The number of halogens is 1. The monoisotopic (exact) mass is 483 g/mol. The Balaban J connectivity index is 1.51. The zero-order valence-corrected chi connectivity index (χ0v) is 19.4. The fourth-order valence-corrected chi connectivity index (χ4v) is 4.55. The van der Waals surface area contributed by atoms with E-state index in [0.717, 1.165) is 47.2 Å². The van der Waals surface area contributed by atoms with E-state index in [0.29, 0.717) is 17.8 Å². The van der Waals surface area contributed by atoms with Crippen molar-refractivity contribution >= 4 is 45.0 Å². The number of aryl methyl sites for hydroxylation is 2. The molecule has 1 atom stereocenters. The molecule has 2 aliphatic heterocycles. The Morgan fingerprint density at radius 2 is 1.81 bits per heavy atom. The molecule has 6 nitrogen and oxygen atoms in total. The van der Waals surface area contributed by atoms with Gasteiger partial charge in [0, 0.05) is 36.2 Å². The third-order valence-corrected chi connectivity index (χ3v) is 6.98. The van der Waals surface area contributed by atoms with Gasteiger partial charge in [-0.05, 0) is 62.1 Å². The van der Waals surface area contributed by atoms with Crippen molar-refractivity contribution in [2.75, 3.05) is 29.9 Å². The highest BCUT2D eigenvalue weighted by atomic mass is 79.9. The number of amides is 3. The Labute approximate surface area is 190 Å². The Kier molecular flexibility index (Phi) is 6.14. The number of nitrogens with zero attached hydrogens (tertiary/aromatic N) is 2. The van der Waals surface area contributed by atoms with Crippen LogP contribution >= 0.6 is 15.9 Å². The molecule has 2 aromatic rings. The van der Waals surface area contributed by atoms with Crippen molar-refractivity contribution in [1.82, 2.24) is 4.90 Å². The normalized spacial score (nSPS) is 18.5. The molecule has 3 amide bonds. The molecule has 1 unspecified atom stereocenters. The first-order chi connectivity index (χ1) is 14.8. The topological polar surface area (TPSA) is 69.7 Å². The second kappa shape index (κ2) is 8.83. The number of benzene rings is 2. The SMILES string of the molecule is Cc1cc(N2CC(C(=O)Nc3cccc(C)c3C(=O)N3CCCC3)CC2=O)ccc1Br. The summed E-state index contributed by atoms with van der Waals surface area (Å²) in [6, 6.07) is 11.2. The lowest BCUT2D eigenvalue weighted by atomic mass is 10.0. The van der Waals surface area contributed by atoms with Crippen LogP contribution in [0.25, 0.3) is 0 Å². The minimum atomic E-state index is -0.466. The molecule has 4 rings (SSSR count). The number of hydrogen-bond acceptors (Lipinski definition) is 3. The Morgan fingerprint density at radius 1 is 1.06 bits per heavy atom. The Hall–Kier alpha value is -2.67. The maximum absolute atomic E-state index is 13.0. The fraction of sp³-hybridized carbons (Fsp3) is 0.375. The van der Waals surface area contributed by atoms with Gasteiger partial charge in [0.1, 0.15) is 0 Å². The summed E-state index contributed by atoms with van der Waals surface area (Å²) in [6.45, 7) is 5.68. The summed E-state index contributed by atoms with van der Waals surface area (Å²) in [5.74, 6) is -0.808. The van der Waals surface area contributed by atoms with Crippen LogP contribution in [-0.4, -0.2) is 42.3 Å². The average molecular weight is 484 g/mol. The number of rotatable bonds is 4. The molecule has 0 bridgehead atoms. The zero-order chi connectivity index (χ0) is 22.1. The van der Waals surface area contributed by atoms with Crippen molar-refractivity contribution in [3.8, 4) is 0 Å². The van der Waals surface area contributed by atoms with Crippen molar-refractivity contribution in [1.29, 1.82) is 0 Å². The van der Waals surface area contributed by atoms with E-state index < -0.39 is 5.92 Å². The number of carbonyl (C=O) groups excluding carboxylic acids is 3. The number of likely N-dealkylation sites (tertiary alicyclic amines) is 1. The summed E-state index contributed by atoms with van der Waals surface area (Å²) < 4.78 is 0.979. The standard InChI is InChI=1S/C24H26BrN3O3/c1-15-6-5-7-20(22(15)24(31)27-10-3-4-11-27)26-23(30)17-13-21(29)28(14-17)18-8-9-19(25)16(2)12-18/h5-9,12,17H,3-4,10-11,13-14H2,1-2H3,(H,26,30). The lowest BCUT2D eigenvalue weighted by molar-refractivity contribution is -0.122. The maximum Gasteiger partial charge on any atom is 0.256 e. The van der Waals surface area contributed by atoms with Crippen LogP contribution in [0.5, 0.6) is 0 Å². The number of carbonyl (C=O) groups is 3. The second-order valence-electron chi connectivity index (χ2n) is 8.32. The Bertz CT molecular complexity index is 1050. The summed E-state index contributed by atoms with van der Waals surface area (Å²) in [6.07, 6.45) is 2.17. The van der Waals surface area contributed by atoms with Crippen LogP contribution in [0.4, 0.5) is 11.4 Å². The largest absolute Gasteiger partial charge is 0.339 e. The zero-order valence-electron chi connectivity index (χ0n) is 17.8. The van der Waals surface area contributed by atoms with Gasteiger partial charge in [-0.3, -0.25) is 14.4 Å². The minimum Gasteiger partial charge on any atom is -0.339 e. The second-order valence-corrected chi connectivity index (χ2v) is 9.18. The predicted octanol–water partition coefficient (Wildman–Crippen LogP) is 4.29. The quantitative estimate of drug-likeness (QED) is 0.704. The van der Waals surface area contributed by atoms with Gasteiger partial charge in [-0.1, -0.05) is 28.1 Å². The van der Waals surface area contributed by atoms with E-state index in [1.54, 1.807) is 11.0 Å². The van der Waals surface area contributed by atoms with Gasteiger partial charge >= 0.3 is 0 Å². The van der Waals surface area contributed by atoms with Crippen molar-refractivity contribution in [3.05, 3.63) is 57.6 Å². The van der Waals surface area contributed by atoms with Crippen molar-refractivity contribution in [2.24, 2.45) is 5.92 Å².